The van der Waals surface area contributed by atoms with E-state index in [0.717, 1.165) is 5.92 Å². The molecule has 0 spiro atoms. The molecule has 1 aliphatic carbocycles. The van der Waals surface area contributed by atoms with Crippen LogP contribution in [0.5, 0.6) is 0 Å². The van der Waals surface area contributed by atoms with E-state index >= 15 is 0 Å². The van der Waals surface area contributed by atoms with Crippen LogP contribution in [0.3, 0.4) is 0 Å². The van der Waals surface area contributed by atoms with Gasteiger partial charge in [-0.2, -0.15) is 0 Å². The first-order chi connectivity index (χ1) is 10.2. The van der Waals surface area contributed by atoms with Gasteiger partial charge in [-0.05, 0) is 25.2 Å². The zero-order valence-corrected chi connectivity index (χ0v) is 15.0. The van der Waals surface area contributed by atoms with E-state index < -0.39 is 0 Å². The maximum absolute atomic E-state index is 6.72. The van der Waals surface area contributed by atoms with Crippen molar-refractivity contribution in [3.05, 3.63) is 0 Å². The first-order valence-corrected chi connectivity index (χ1v) is 10.0. The average molecular weight is 296 g/mol. The molecule has 2 atom stereocenters. The summed E-state index contributed by atoms with van der Waals surface area (Å²) in [5, 5.41) is 0. The van der Waals surface area contributed by atoms with Crippen molar-refractivity contribution in [1.29, 1.82) is 0 Å². The van der Waals surface area contributed by atoms with Gasteiger partial charge in [0.1, 0.15) is 0 Å². The van der Waals surface area contributed by atoms with Crippen LogP contribution in [0.4, 0.5) is 0 Å². The van der Waals surface area contributed by atoms with Crippen molar-refractivity contribution >= 4 is 0 Å². The Balaban J connectivity index is 1.98. The SMILES string of the molecule is CCCCCCCCCCCCC1(N)CCCCC1CC. The summed E-state index contributed by atoms with van der Waals surface area (Å²) in [6, 6.07) is 0. The molecule has 0 aromatic rings. The lowest BCUT2D eigenvalue weighted by Gasteiger charge is -2.41. The third-order valence-corrected chi connectivity index (χ3v) is 5.75. The van der Waals surface area contributed by atoms with Crippen molar-refractivity contribution < 1.29 is 0 Å². The van der Waals surface area contributed by atoms with Gasteiger partial charge < -0.3 is 5.73 Å². The molecule has 126 valence electrons. The number of unbranched alkanes of at least 4 members (excludes halogenated alkanes) is 9. The van der Waals surface area contributed by atoms with Crippen LogP contribution >= 0.6 is 0 Å². The molecule has 1 heteroatoms. The van der Waals surface area contributed by atoms with E-state index in [9.17, 15) is 0 Å². The van der Waals surface area contributed by atoms with Crippen LogP contribution in [0, 0.1) is 5.92 Å². The minimum Gasteiger partial charge on any atom is -0.325 e. The Morgan fingerprint density at radius 2 is 1.38 bits per heavy atom. The molecule has 0 heterocycles. The van der Waals surface area contributed by atoms with E-state index in [-0.39, 0.29) is 5.54 Å². The Morgan fingerprint density at radius 3 is 1.95 bits per heavy atom. The molecule has 2 unspecified atom stereocenters. The van der Waals surface area contributed by atoms with Crippen LogP contribution in [0.2, 0.25) is 0 Å². The van der Waals surface area contributed by atoms with Crippen LogP contribution in [0.1, 0.15) is 117 Å². The normalized spacial score (nSPS) is 26.1. The highest BCUT2D eigenvalue weighted by Crippen LogP contribution is 2.37. The Labute approximate surface area is 134 Å². The first kappa shape index (κ1) is 19.0. The molecule has 0 saturated heterocycles. The van der Waals surface area contributed by atoms with E-state index in [1.807, 2.05) is 0 Å². The van der Waals surface area contributed by atoms with Crippen LogP contribution < -0.4 is 5.73 Å². The van der Waals surface area contributed by atoms with E-state index in [1.165, 1.54) is 103 Å². The van der Waals surface area contributed by atoms with Gasteiger partial charge in [0.15, 0.2) is 0 Å². The zero-order valence-electron chi connectivity index (χ0n) is 15.0. The second kappa shape index (κ2) is 11.5. The van der Waals surface area contributed by atoms with Gasteiger partial charge >= 0.3 is 0 Å². The summed E-state index contributed by atoms with van der Waals surface area (Å²) in [4.78, 5) is 0. The van der Waals surface area contributed by atoms with Gasteiger partial charge in [-0.15, -0.1) is 0 Å². The van der Waals surface area contributed by atoms with E-state index in [0.29, 0.717) is 0 Å². The lowest BCUT2D eigenvalue weighted by atomic mass is 9.69. The van der Waals surface area contributed by atoms with Crippen molar-refractivity contribution in [2.24, 2.45) is 11.7 Å². The molecule has 1 rings (SSSR count). The van der Waals surface area contributed by atoms with Gasteiger partial charge in [0.2, 0.25) is 0 Å². The lowest BCUT2D eigenvalue weighted by Crippen LogP contribution is -2.48. The molecule has 0 bridgehead atoms. The molecular formula is C20H41N. The minimum atomic E-state index is 0.188. The Kier molecular flexibility index (Phi) is 10.4. The lowest BCUT2D eigenvalue weighted by molar-refractivity contribution is 0.167. The summed E-state index contributed by atoms with van der Waals surface area (Å²) in [6.45, 7) is 4.62. The number of hydrogen-bond donors (Lipinski definition) is 1. The molecule has 1 aliphatic rings. The quantitative estimate of drug-likeness (QED) is 0.403. The highest BCUT2D eigenvalue weighted by molar-refractivity contribution is 4.93. The second-order valence-corrected chi connectivity index (χ2v) is 7.52. The molecule has 1 fully saturated rings. The summed E-state index contributed by atoms with van der Waals surface area (Å²) in [5.74, 6) is 0.796. The van der Waals surface area contributed by atoms with E-state index in [2.05, 4.69) is 13.8 Å². The third kappa shape index (κ3) is 7.68. The van der Waals surface area contributed by atoms with Crippen LogP contribution in [-0.4, -0.2) is 5.54 Å². The Morgan fingerprint density at radius 1 is 0.810 bits per heavy atom. The third-order valence-electron chi connectivity index (χ3n) is 5.75. The standard InChI is InChI=1S/C20H41N/c1-3-5-6-7-8-9-10-11-12-14-17-20(21)18-15-13-16-19(20)4-2/h19H,3-18,21H2,1-2H3. The molecular weight excluding hydrogens is 254 g/mol. The molecule has 2 N–H and O–H groups in total. The highest BCUT2D eigenvalue weighted by Gasteiger charge is 2.35. The number of nitrogens with two attached hydrogens (primary N) is 1. The fourth-order valence-electron chi connectivity index (χ4n) is 4.22. The van der Waals surface area contributed by atoms with Crippen molar-refractivity contribution in [1.82, 2.24) is 0 Å². The maximum atomic E-state index is 6.72. The maximum Gasteiger partial charge on any atom is 0.0182 e. The minimum absolute atomic E-state index is 0.188. The van der Waals surface area contributed by atoms with Crippen molar-refractivity contribution in [2.45, 2.75) is 122 Å². The molecule has 1 saturated carbocycles. The average Bonchev–Trinajstić information content (AvgIpc) is 2.49. The molecule has 21 heavy (non-hydrogen) atoms. The fourth-order valence-corrected chi connectivity index (χ4v) is 4.22. The van der Waals surface area contributed by atoms with Gasteiger partial charge in [0.05, 0.1) is 0 Å². The monoisotopic (exact) mass is 295 g/mol. The number of rotatable bonds is 12. The summed E-state index contributed by atoms with van der Waals surface area (Å²) in [5.41, 5.74) is 6.91. The first-order valence-electron chi connectivity index (χ1n) is 10.0. The molecule has 0 amide bonds. The van der Waals surface area contributed by atoms with Crippen LogP contribution in [-0.2, 0) is 0 Å². The van der Waals surface area contributed by atoms with Gasteiger partial charge in [-0.25, -0.2) is 0 Å². The van der Waals surface area contributed by atoms with Crippen molar-refractivity contribution in [3.63, 3.8) is 0 Å². The topological polar surface area (TPSA) is 26.0 Å². The summed E-state index contributed by atoms with van der Waals surface area (Å²) >= 11 is 0. The second-order valence-electron chi connectivity index (χ2n) is 7.52. The predicted molar refractivity (Wildman–Crippen MR) is 95.6 cm³/mol. The molecule has 0 aromatic heterocycles. The summed E-state index contributed by atoms with van der Waals surface area (Å²) in [7, 11) is 0. The zero-order chi connectivity index (χ0) is 15.4. The Hall–Kier alpha value is -0.0400. The number of hydrogen-bond acceptors (Lipinski definition) is 1. The summed E-state index contributed by atoms with van der Waals surface area (Å²) in [6.07, 6.45) is 22.3. The van der Waals surface area contributed by atoms with Gasteiger partial charge in [-0.1, -0.05) is 97.3 Å². The molecule has 0 aromatic carbocycles. The van der Waals surface area contributed by atoms with E-state index in [1.54, 1.807) is 0 Å². The van der Waals surface area contributed by atoms with Crippen molar-refractivity contribution in [2.75, 3.05) is 0 Å². The molecule has 0 radical (unpaired) electrons. The predicted octanol–water partition coefficient (Wildman–Crippen LogP) is 6.60. The van der Waals surface area contributed by atoms with Crippen LogP contribution in [0.25, 0.3) is 0 Å². The van der Waals surface area contributed by atoms with E-state index in [4.69, 9.17) is 5.73 Å². The largest absolute Gasteiger partial charge is 0.325 e. The molecule has 1 nitrogen and oxygen atoms in total. The van der Waals surface area contributed by atoms with Gasteiger partial charge in [0.25, 0.3) is 0 Å². The van der Waals surface area contributed by atoms with Crippen molar-refractivity contribution in [3.8, 4) is 0 Å². The van der Waals surface area contributed by atoms with Crippen LogP contribution in [0.15, 0.2) is 0 Å². The highest BCUT2D eigenvalue weighted by atomic mass is 14.8. The molecule has 0 aliphatic heterocycles. The fraction of sp³-hybridized carbons (Fsp3) is 1.00. The Bertz CT molecular complexity index is 238. The smallest absolute Gasteiger partial charge is 0.0182 e. The van der Waals surface area contributed by atoms with Gasteiger partial charge in [-0.3, -0.25) is 0 Å². The van der Waals surface area contributed by atoms with Gasteiger partial charge in [0, 0.05) is 5.54 Å². The summed E-state index contributed by atoms with van der Waals surface area (Å²) < 4.78 is 0.